The molecule has 0 aliphatic carbocycles. The van der Waals surface area contributed by atoms with Crippen molar-refractivity contribution < 1.29 is 23.2 Å². The van der Waals surface area contributed by atoms with Gasteiger partial charge >= 0.3 is 7.12 Å². The molecule has 2 rings (SSSR count). The fourth-order valence-electron chi connectivity index (χ4n) is 1.74. The Morgan fingerprint density at radius 1 is 1.06 bits per heavy atom. The molecule has 0 radical (unpaired) electrons. The fourth-order valence-corrected chi connectivity index (χ4v) is 1.74. The van der Waals surface area contributed by atoms with Gasteiger partial charge in [0.2, 0.25) is 0 Å². The van der Waals surface area contributed by atoms with Gasteiger partial charge in [-0.2, -0.15) is 0 Å². The highest BCUT2D eigenvalue weighted by atomic mass is 19.2. The van der Waals surface area contributed by atoms with Crippen molar-refractivity contribution in [3.05, 3.63) is 23.8 Å². The van der Waals surface area contributed by atoms with Crippen LogP contribution < -0.4 is 5.46 Å². The maximum atomic E-state index is 13.7. The Balaban J connectivity index is 2.44. The highest BCUT2D eigenvalue weighted by molar-refractivity contribution is 6.63. The molecule has 98 valence electrons. The monoisotopic (exact) mass is 256 g/mol. The van der Waals surface area contributed by atoms with Crippen molar-refractivity contribution in [2.24, 2.45) is 0 Å². The highest BCUT2D eigenvalue weighted by Crippen LogP contribution is 2.37. The summed E-state index contributed by atoms with van der Waals surface area (Å²) >= 11 is 0. The zero-order chi connectivity index (χ0) is 13.7. The van der Waals surface area contributed by atoms with Crippen LogP contribution in [0.1, 0.15) is 27.7 Å². The number of aromatic hydroxyl groups is 1. The van der Waals surface area contributed by atoms with E-state index in [0.717, 1.165) is 12.1 Å². The number of phenols is 1. The second kappa shape index (κ2) is 3.93. The second-order valence-corrected chi connectivity index (χ2v) is 5.38. The summed E-state index contributed by atoms with van der Waals surface area (Å²) in [6, 6.07) is 1.94. The number of rotatable bonds is 1. The smallest absolute Gasteiger partial charge is 0.501 e. The Morgan fingerprint density at radius 2 is 1.56 bits per heavy atom. The number of hydrogen-bond acceptors (Lipinski definition) is 3. The van der Waals surface area contributed by atoms with Crippen molar-refractivity contribution in [1.29, 1.82) is 0 Å². The first-order valence-electron chi connectivity index (χ1n) is 5.68. The summed E-state index contributed by atoms with van der Waals surface area (Å²) in [5, 5.41) is 9.65. The molecule has 0 spiro atoms. The summed E-state index contributed by atoms with van der Waals surface area (Å²) in [6.45, 7) is 7.17. The van der Waals surface area contributed by atoms with Crippen molar-refractivity contribution in [2.45, 2.75) is 38.9 Å². The third kappa shape index (κ3) is 1.89. The van der Waals surface area contributed by atoms with Crippen LogP contribution in [0.3, 0.4) is 0 Å². The van der Waals surface area contributed by atoms with E-state index in [0.29, 0.717) is 0 Å². The third-order valence-corrected chi connectivity index (χ3v) is 3.60. The molecule has 3 nitrogen and oxygen atoms in total. The molecule has 0 atom stereocenters. The molecule has 1 N–H and O–H groups in total. The molecule has 0 amide bonds. The van der Waals surface area contributed by atoms with E-state index in [1.807, 2.05) is 0 Å². The summed E-state index contributed by atoms with van der Waals surface area (Å²) in [4.78, 5) is 0. The van der Waals surface area contributed by atoms with Gasteiger partial charge in [0.15, 0.2) is 11.6 Å². The van der Waals surface area contributed by atoms with Crippen molar-refractivity contribution in [1.82, 2.24) is 0 Å². The van der Waals surface area contributed by atoms with E-state index in [9.17, 15) is 13.9 Å². The maximum absolute atomic E-state index is 13.7. The Labute approximate surface area is 105 Å². The van der Waals surface area contributed by atoms with Crippen LogP contribution in [0.15, 0.2) is 12.1 Å². The Hall–Kier alpha value is -1.14. The number of hydrogen-bond donors (Lipinski definition) is 1. The lowest BCUT2D eigenvalue weighted by Gasteiger charge is -2.32. The van der Waals surface area contributed by atoms with Gasteiger partial charge < -0.3 is 14.4 Å². The zero-order valence-corrected chi connectivity index (χ0v) is 10.8. The lowest BCUT2D eigenvalue weighted by Crippen LogP contribution is -2.41. The molecule has 1 saturated heterocycles. The van der Waals surface area contributed by atoms with Crippen LogP contribution in [0.25, 0.3) is 0 Å². The van der Waals surface area contributed by atoms with Crippen LogP contribution >= 0.6 is 0 Å². The van der Waals surface area contributed by atoms with E-state index < -0.39 is 30.0 Å². The van der Waals surface area contributed by atoms with Gasteiger partial charge in [0, 0.05) is 0 Å². The zero-order valence-electron chi connectivity index (χ0n) is 10.8. The quantitative estimate of drug-likeness (QED) is 0.780. The van der Waals surface area contributed by atoms with Gasteiger partial charge in [-0.3, -0.25) is 0 Å². The largest absolute Gasteiger partial charge is 0.508 e. The predicted octanol–water partition coefficient (Wildman–Crippen LogP) is 1.97. The molecular formula is C12H15BF2O3. The van der Waals surface area contributed by atoms with Crippen LogP contribution in [-0.4, -0.2) is 23.4 Å². The van der Waals surface area contributed by atoms with Crippen molar-refractivity contribution in [3.8, 4) is 5.75 Å². The molecule has 1 aliphatic heterocycles. The first-order chi connectivity index (χ1) is 8.16. The molecule has 1 aromatic rings. The van der Waals surface area contributed by atoms with Crippen LogP contribution in [0, 0.1) is 11.6 Å². The van der Waals surface area contributed by atoms with Gasteiger partial charge in [0.1, 0.15) is 5.75 Å². The van der Waals surface area contributed by atoms with E-state index in [2.05, 4.69) is 0 Å². The molecule has 1 heterocycles. The summed E-state index contributed by atoms with van der Waals surface area (Å²) < 4.78 is 38.1. The standard InChI is InChI=1S/C12H15BF2O3/c1-11(2)12(3,4)18-13(17-11)9-8(16)6-5-7(14)10(9)15/h5-6,16H,1-4H3. The van der Waals surface area contributed by atoms with Gasteiger partial charge in [-0.05, 0) is 39.8 Å². The van der Waals surface area contributed by atoms with Crippen LogP contribution in [-0.2, 0) is 9.31 Å². The van der Waals surface area contributed by atoms with Crippen LogP contribution in [0.5, 0.6) is 5.75 Å². The molecule has 0 saturated carbocycles. The average Bonchev–Trinajstić information content (AvgIpc) is 2.43. The van der Waals surface area contributed by atoms with E-state index in [1.165, 1.54) is 0 Å². The topological polar surface area (TPSA) is 38.7 Å². The van der Waals surface area contributed by atoms with Crippen molar-refractivity contribution >= 4 is 12.6 Å². The van der Waals surface area contributed by atoms with E-state index >= 15 is 0 Å². The first-order valence-corrected chi connectivity index (χ1v) is 5.68. The lowest BCUT2D eigenvalue weighted by molar-refractivity contribution is 0.00578. The predicted molar refractivity (Wildman–Crippen MR) is 63.7 cm³/mol. The normalized spacial score (nSPS) is 21.3. The van der Waals surface area contributed by atoms with Gasteiger partial charge in [-0.15, -0.1) is 0 Å². The second-order valence-electron chi connectivity index (χ2n) is 5.38. The van der Waals surface area contributed by atoms with E-state index in [4.69, 9.17) is 9.31 Å². The van der Waals surface area contributed by atoms with Gasteiger partial charge in [0.25, 0.3) is 0 Å². The third-order valence-electron chi connectivity index (χ3n) is 3.60. The average molecular weight is 256 g/mol. The van der Waals surface area contributed by atoms with Crippen LogP contribution in [0.4, 0.5) is 8.78 Å². The molecule has 18 heavy (non-hydrogen) atoms. The van der Waals surface area contributed by atoms with E-state index in [-0.39, 0.29) is 11.2 Å². The van der Waals surface area contributed by atoms with Gasteiger partial charge in [-0.25, -0.2) is 8.78 Å². The molecule has 0 bridgehead atoms. The molecule has 0 aromatic heterocycles. The summed E-state index contributed by atoms with van der Waals surface area (Å²) in [6.07, 6.45) is 0. The fraction of sp³-hybridized carbons (Fsp3) is 0.500. The van der Waals surface area contributed by atoms with Gasteiger partial charge in [0.05, 0.1) is 16.7 Å². The summed E-state index contributed by atoms with van der Waals surface area (Å²) in [5.41, 5.74) is -1.65. The van der Waals surface area contributed by atoms with Gasteiger partial charge in [-0.1, -0.05) is 0 Å². The Bertz CT molecular complexity index is 472. The molecule has 1 aromatic carbocycles. The number of phenolic OH excluding ortho intramolecular Hbond substituents is 1. The van der Waals surface area contributed by atoms with E-state index in [1.54, 1.807) is 27.7 Å². The highest BCUT2D eigenvalue weighted by Gasteiger charge is 2.53. The lowest BCUT2D eigenvalue weighted by atomic mass is 9.78. The molecule has 6 heteroatoms. The van der Waals surface area contributed by atoms with Crippen molar-refractivity contribution in [2.75, 3.05) is 0 Å². The molecule has 1 aliphatic rings. The summed E-state index contributed by atoms with van der Waals surface area (Å²) in [7, 11) is -1.12. The number of benzene rings is 1. The van der Waals surface area contributed by atoms with Crippen LogP contribution in [0.2, 0.25) is 0 Å². The minimum Gasteiger partial charge on any atom is -0.508 e. The minimum absolute atomic E-state index is 0.298. The first kappa shape index (κ1) is 13.3. The molecule has 1 fully saturated rings. The SMILES string of the molecule is CC1(C)OB(c2c(O)ccc(F)c2F)OC1(C)C. The Kier molecular flexibility index (Phi) is 2.90. The van der Waals surface area contributed by atoms with Crippen molar-refractivity contribution in [3.63, 3.8) is 0 Å². The number of halogens is 2. The summed E-state index contributed by atoms with van der Waals surface area (Å²) in [5.74, 6) is -2.57. The molecule has 0 unspecified atom stereocenters. The minimum atomic E-state index is -1.14. The molecular weight excluding hydrogens is 241 g/mol. The Morgan fingerprint density at radius 3 is 2.06 bits per heavy atom. The maximum Gasteiger partial charge on any atom is 0.501 e.